The van der Waals surface area contributed by atoms with Crippen LogP contribution in [0.25, 0.3) is 0 Å². The zero-order valence-corrected chi connectivity index (χ0v) is 7.98. The highest BCUT2D eigenvalue weighted by Gasteiger charge is 1.98. The van der Waals surface area contributed by atoms with E-state index in [1.165, 1.54) is 18.2 Å². The maximum Gasteiger partial charge on any atom is 0.329 e. The molecule has 0 radical (unpaired) electrons. The van der Waals surface area contributed by atoms with Crippen molar-refractivity contribution in [2.45, 2.75) is 0 Å². The molecular weight excluding hydrogens is 203 g/mol. The van der Waals surface area contributed by atoms with E-state index in [2.05, 4.69) is 0 Å². The molecule has 1 aromatic carbocycles. The summed E-state index contributed by atoms with van der Waals surface area (Å²) >= 11 is 0. The second kappa shape index (κ2) is 5.98. The number of ether oxygens (including phenoxy) is 2. The molecule has 0 aliphatic carbocycles. The number of benzene rings is 1. The lowest BCUT2D eigenvalue weighted by Gasteiger charge is -2.05. The largest absolute Gasteiger partial charge is 0.491 e. The van der Waals surface area contributed by atoms with Gasteiger partial charge < -0.3 is 14.6 Å². The quantitative estimate of drug-likeness (QED) is 0.725. The van der Waals surface area contributed by atoms with Gasteiger partial charge in [0.05, 0.1) is 6.61 Å². The fourth-order valence-electron chi connectivity index (χ4n) is 0.935. The summed E-state index contributed by atoms with van der Waals surface area (Å²) in [4.78, 5) is 10.1. The first kappa shape index (κ1) is 11.5. The molecular formula is C10H11FO4. The Morgan fingerprint density at radius 1 is 1.40 bits per heavy atom. The number of carbonyl (C=O) groups is 1. The monoisotopic (exact) mass is 214 g/mol. The fourth-order valence-corrected chi connectivity index (χ4v) is 0.935. The van der Waals surface area contributed by atoms with Crippen molar-refractivity contribution in [1.29, 1.82) is 0 Å². The summed E-state index contributed by atoms with van der Waals surface area (Å²) in [6, 6.07) is 5.70. The van der Waals surface area contributed by atoms with E-state index in [0.29, 0.717) is 5.75 Å². The number of aliphatic carboxylic acids is 1. The molecule has 15 heavy (non-hydrogen) atoms. The number of carboxylic acids is 1. The van der Waals surface area contributed by atoms with Crippen molar-refractivity contribution in [3.63, 3.8) is 0 Å². The van der Waals surface area contributed by atoms with Crippen LogP contribution in [0.2, 0.25) is 0 Å². The molecule has 0 aliphatic heterocycles. The van der Waals surface area contributed by atoms with Crippen molar-refractivity contribution in [3.05, 3.63) is 30.1 Å². The number of rotatable bonds is 6. The zero-order valence-electron chi connectivity index (χ0n) is 7.98. The van der Waals surface area contributed by atoms with Crippen LogP contribution in [0.3, 0.4) is 0 Å². The molecule has 0 amide bonds. The van der Waals surface area contributed by atoms with Crippen molar-refractivity contribution in [1.82, 2.24) is 0 Å². The third kappa shape index (κ3) is 4.97. The lowest BCUT2D eigenvalue weighted by Crippen LogP contribution is -2.12. The average Bonchev–Trinajstić information content (AvgIpc) is 2.17. The van der Waals surface area contributed by atoms with Gasteiger partial charge in [0.25, 0.3) is 0 Å². The SMILES string of the molecule is O=C(O)COCCOc1cccc(F)c1. The summed E-state index contributed by atoms with van der Waals surface area (Å²) in [5, 5.41) is 8.25. The van der Waals surface area contributed by atoms with Crippen LogP contribution in [-0.2, 0) is 9.53 Å². The zero-order chi connectivity index (χ0) is 11.1. The molecule has 1 rings (SSSR count). The van der Waals surface area contributed by atoms with Gasteiger partial charge in [0.2, 0.25) is 0 Å². The summed E-state index contributed by atoms with van der Waals surface area (Å²) in [6.07, 6.45) is 0. The highest BCUT2D eigenvalue weighted by molar-refractivity contribution is 5.67. The maximum atomic E-state index is 12.7. The van der Waals surface area contributed by atoms with Crippen LogP contribution < -0.4 is 4.74 Å². The molecule has 82 valence electrons. The smallest absolute Gasteiger partial charge is 0.329 e. The van der Waals surface area contributed by atoms with E-state index < -0.39 is 5.97 Å². The Hall–Kier alpha value is -1.62. The van der Waals surface area contributed by atoms with Gasteiger partial charge in [0.1, 0.15) is 24.8 Å². The molecule has 0 fully saturated rings. The molecule has 5 heteroatoms. The van der Waals surface area contributed by atoms with E-state index in [1.807, 2.05) is 0 Å². The first-order valence-corrected chi connectivity index (χ1v) is 4.36. The second-order valence-electron chi connectivity index (χ2n) is 2.75. The summed E-state index contributed by atoms with van der Waals surface area (Å²) in [5.41, 5.74) is 0. The molecule has 0 aliphatic rings. The highest BCUT2D eigenvalue weighted by Crippen LogP contribution is 2.11. The minimum atomic E-state index is -1.03. The van der Waals surface area contributed by atoms with Crippen molar-refractivity contribution >= 4 is 5.97 Å². The standard InChI is InChI=1S/C10H11FO4/c11-8-2-1-3-9(6-8)15-5-4-14-7-10(12)13/h1-3,6H,4-5,7H2,(H,12,13). The predicted molar refractivity (Wildman–Crippen MR) is 50.3 cm³/mol. The number of hydrogen-bond acceptors (Lipinski definition) is 3. The second-order valence-corrected chi connectivity index (χ2v) is 2.75. The molecule has 0 unspecified atom stereocenters. The molecule has 0 saturated heterocycles. The van der Waals surface area contributed by atoms with Gasteiger partial charge in [0.15, 0.2) is 0 Å². The average molecular weight is 214 g/mol. The summed E-state index contributed by atoms with van der Waals surface area (Å²) in [5.74, 6) is -1.01. The van der Waals surface area contributed by atoms with Crippen LogP contribution in [0.1, 0.15) is 0 Å². The summed E-state index contributed by atoms with van der Waals surface area (Å²) in [7, 11) is 0. The minimum Gasteiger partial charge on any atom is -0.491 e. The van der Waals surface area contributed by atoms with Crippen molar-refractivity contribution < 1.29 is 23.8 Å². The Morgan fingerprint density at radius 2 is 2.20 bits per heavy atom. The van der Waals surface area contributed by atoms with Gasteiger partial charge in [-0.2, -0.15) is 0 Å². The van der Waals surface area contributed by atoms with Gasteiger partial charge in [-0.15, -0.1) is 0 Å². The molecule has 1 N–H and O–H groups in total. The van der Waals surface area contributed by atoms with Crippen LogP contribution in [0, 0.1) is 5.82 Å². The highest BCUT2D eigenvalue weighted by atomic mass is 19.1. The predicted octanol–water partition coefficient (Wildman–Crippen LogP) is 1.31. The Labute approximate surface area is 86.2 Å². The third-order valence-electron chi connectivity index (χ3n) is 1.52. The molecule has 0 bridgehead atoms. The fraction of sp³-hybridized carbons (Fsp3) is 0.300. The lowest BCUT2D eigenvalue weighted by molar-refractivity contribution is -0.142. The van der Waals surface area contributed by atoms with E-state index in [4.69, 9.17) is 14.6 Å². The van der Waals surface area contributed by atoms with Crippen molar-refractivity contribution in [3.8, 4) is 5.75 Å². The number of carboxylic acid groups (broad SMARTS) is 1. The van der Waals surface area contributed by atoms with Gasteiger partial charge in [-0.3, -0.25) is 0 Å². The Bertz CT molecular complexity index is 327. The lowest BCUT2D eigenvalue weighted by atomic mass is 10.3. The van der Waals surface area contributed by atoms with Crippen LogP contribution in [0.5, 0.6) is 5.75 Å². The molecule has 0 spiro atoms. The van der Waals surface area contributed by atoms with E-state index in [-0.39, 0.29) is 25.6 Å². The molecule has 0 heterocycles. The van der Waals surface area contributed by atoms with Crippen LogP contribution in [0.15, 0.2) is 24.3 Å². The van der Waals surface area contributed by atoms with Crippen LogP contribution in [-0.4, -0.2) is 30.9 Å². The Balaban J connectivity index is 2.17. The molecule has 4 nitrogen and oxygen atoms in total. The van der Waals surface area contributed by atoms with Gasteiger partial charge in [-0.1, -0.05) is 6.07 Å². The summed E-state index contributed by atoms with van der Waals surface area (Å²) < 4.78 is 22.5. The topological polar surface area (TPSA) is 55.8 Å². The normalized spacial score (nSPS) is 9.93. The first-order valence-electron chi connectivity index (χ1n) is 4.36. The number of hydrogen-bond donors (Lipinski definition) is 1. The van der Waals surface area contributed by atoms with Crippen molar-refractivity contribution in [2.75, 3.05) is 19.8 Å². The maximum absolute atomic E-state index is 12.7. The minimum absolute atomic E-state index is 0.156. The van der Waals surface area contributed by atoms with Crippen LogP contribution in [0.4, 0.5) is 4.39 Å². The first-order chi connectivity index (χ1) is 7.18. The summed E-state index contributed by atoms with van der Waals surface area (Å²) in [6.45, 7) is -0.00788. The Morgan fingerprint density at radius 3 is 2.87 bits per heavy atom. The van der Waals surface area contributed by atoms with E-state index >= 15 is 0 Å². The van der Waals surface area contributed by atoms with Crippen LogP contribution >= 0.6 is 0 Å². The third-order valence-corrected chi connectivity index (χ3v) is 1.52. The van der Waals surface area contributed by atoms with Crippen molar-refractivity contribution in [2.24, 2.45) is 0 Å². The number of halogens is 1. The Kier molecular flexibility index (Phi) is 4.56. The van der Waals surface area contributed by atoms with Gasteiger partial charge in [0, 0.05) is 6.07 Å². The van der Waals surface area contributed by atoms with Gasteiger partial charge in [-0.25, -0.2) is 9.18 Å². The molecule has 0 saturated carbocycles. The van der Waals surface area contributed by atoms with E-state index in [0.717, 1.165) is 0 Å². The van der Waals surface area contributed by atoms with Gasteiger partial charge in [-0.05, 0) is 12.1 Å². The molecule has 0 aromatic heterocycles. The van der Waals surface area contributed by atoms with Gasteiger partial charge >= 0.3 is 5.97 Å². The molecule has 0 atom stereocenters. The molecule has 1 aromatic rings. The van der Waals surface area contributed by atoms with E-state index in [1.54, 1.807) is 6.07 Å². The van der Waals surface area contributed by atoms with E-state index in [9.17, 15) is 9.18 Å².